The van der Waals surface area contributed by atoms with Crippen molar-refractivity contribution in [2.75, 3.05) is 0 Å². The minimum Gasteiger partial charge on any atom is -0.338 e. The standard InChI is InChI=1S/C10H12N4O/c1-13-6-4-11-10(13)7-9(15)8-3-5-14(2)12-8/h3-6H,7H2,1-2H3. The lowest BCUT2D eigenvalue weighted by Gasteiger charge is -1.98. The molecule has 78 valence electrons. The predicted octanol–water partition coefficient (Wildman–Crippen LogP) is 0.579. The van der Waals surface area contributed by atoms with Gasteiger partial charge in [0.2, 0.25) is 0 Å². The first-order chi connectivity index (χ1) is 7.16. The smallest absolute Gasteiger partial charge is 0.190 e. The highest BCUT2D eigenvalue weighted by molar-refractivity contribution is 5.95. The van der Waals surface area contributed by atoms with Gasteiger partial charge in [0.15, 0.2) is 5.78 Å². The van der Waals surface area contributed by atoms with Crippen molar-refractivity contribution in [1.29, 1.82) is 0 Å². The Kier molecular flexibility index (Phi) is 2.37. The molecule has 0 N–H and O–H groups in total. The lowest BCUT2D eigenvalue weighted by Crippen LogP contribution is -2.09. The van der Waals surface area contributed by atoms with Gasteiger partial charge >= 0.3 is 0 Å². The zero-order chi connectivity index (χ0) is 10.8. The van der Waals surface area contributed by atoms with Gasteiger partial charge in [-0.2, -0.15) is 5.10 Å². The Morgan fingerprint density at radius 3 is 2.73 bits per heavy atom. The van der Waals surface area contributed by atoms with Gasteiger partial charge in [0.1, 0.15) is 11.5 Å². The molecule has 2 rings (SSSR count). The maximum Gasteiger partial charge on any atom is 0.190 e. The average Bonchev–Trinajstić information content (AvgIpc) is 2.77. The van der Waals surface area contributed by atoms with Gasteiger partial charge in [0.05, 0.1) is 6.42 Å². The summed E-state index contributed by atoms with van der Waals surface area (Å²) in [5, 5.41) is 4.05. The number of aromatic nitrogens is 4. The number of carbonyl (C=O) groups is 1. The van der Waals surface area contributed by atoms with E-state index in [1.165, 1.54) is 0 Å². The van der Waals surface area contributed by atoms with E-state index in [9.17, 15) is 4.79 Å². The number of nitrogens with zero attached hydrogens (tertiary/aromatic N) is 4. The van der Waals surface area contributed by atoms with Crippen LogP contribution in [0.2, 0.25) is 0 Å². The van der Waals surface area contributed by atoms with E-state index in [4.69, 9.17) is 0 Å². The van der Waals surface area contributed by atoms with E-state index in [1.54, 1.807) is 30.2 Å². The summed E-state index contributed by atoms with van der Waals surface area (Å²) in [6.07, 6.45) is 5.55. The minimum atomic E-state index is -0.00935. The first-order valence-electron chi connectivity index (χ1n) is 4.66. The SMILES string of the molecule is Cn1ccc(C(=O)Cc2nccn2C)n1. The van der Waals surface area contributed by atoms with Crippen LogP contribution in [0.5, 0.6) is 0 Å². The molecule has 0 fully saturated rings. The van der Waals surface area contributed by atoms with Crippen LogP contribution in [0, 0.1) is 0 Å². The first kappa shape index (κ1) is 9.64. The summed E-state index contributed by atoms with van der Waals surface area (Å²) in [6, 6.07) is 1.71. The molecule has 0 bridgehead atoms. The van der Waals surface area contributed by atoms with Crippen LogP contribution in [0.25, 0.3) is 0 Å². The van der Waals surface area contributed by atoms with Crippen LogP contribution >= 0.6 is 0 Å². The normalized spacial score (nSPS) is 10.5. The molecular weight excluding hydrogens is 192 g/mol. The second-order valence-corrected chi connectivity index (χ2v) is 3.43. The van der Waals surface area contributed by atoms with Crippen molar-refractivity contribution in [1.82, 2.24) is 19.3 Å². The topological polar surface area (TPSA) is 52.7 Å². The minimum absolute atomic E-state index is 0.00935. The fraction of sp³-hybridized carbons (Fsp3) is 0.300. The number of Topliss-reactive ketones (excluding diaryl/α,β-unsaturated/α-hetero) is 1. The van der Waals surface area contributed by atoms with E-state index in [2.05, 4.69) is 10.1 Å². The molecule has 0 aromatic carbocycles. The molecule has 0 saturated heterocycles. The summed E-state index contributed by atoms with van der Waals surface area (Å²) in [7, 11) is 3.66. The Bertz CT molecular complexity index is 483. The molecule has 5 nitrogen and oxygen atoms in total. The number of hydrogen-bond acceptors (Lipinski definition) is 3. The van der Waals surface area contributed by atoms with E-state index in [0.717, 1.165) is 5.82 Å². The summed E-state index contributed by atoms with van der Waals surface area (Å²) < 4.78 is 3.45. The summed E-state index contributed by atoms with van der Waals surface area (Å²) in [5.41, 5.74) is 0.487. The fourth-order valence-electron chi connectivity index (χ4n) is 1.36. The molecular formula is C10H12N4O. The largest absolute Gasteiger partial charge is 0.338 e. The number of aryl methyl sites for hydroxylation is 2. The van der Waals surface area contributed by atoms with Crippen LogP contribution in [0.3, 0.4) is 0 Å². The zero-order valence-corrected chi connectivity index (χ0v) is 8.71. The van der Waals surface area contributed by atoms with Crippen LogP contribution in [0.1, 0.15) is 16.3 Å². The van der Waals surface area contributed by atoms with Gasteiger partial charge in [0.25, 0.3) is 0 Å². The first-order valence-corrected chi connectivity index (χ1v) is 4.66. The highest BCUT2D eigenvalue weighted by Gasteiger charge is 2.12. The van der Waals surface area contributed by atoms with E-state index >= 15 is 0 Å². The molecule has 2 aromatic heterocycles. The molecule has 0 unspecified atom stereocenters. The third-order valence-electron chi connectivity index (χ3n) is 2.24. The molecule has 0 saturated carbocycles. The highest BCUT2D eigenvalue weighted by Crippen LogP contribution is 2.03. The van der Waals surface area contributed by atoms with Crippen molar-refractivity contribution in [2.24, 2.45) is 14.1 Å². The molecule has 15 heavy (non-hydrogen) atoms. The van der Waals surface area contributed by atoms with Gasteiger partial charge < -0.3 is 4.57 Å². The van der Waals surface area contributed by atoms with Gasteiger partial charge in [0, 0.05) is 32.7 Å². The van der Waals surface area contributed by atoms with Crippen LogP contribution < -0.4 is 0 Å². The van der Waals surface area contributed by atoms with E-state index in [0.29, 0.717) is 12.1 Å². The second kappa shape index (κ2) is 3.68. The van der Waals surface area contributed by atoms with Crippen molar-refractivity contribution in [2.45, 2.75) is 6.42 Å². The van der Waals surface area contributed by atoms with E-state index in [1.807, 2.05) is 17.8 Å². The predicted molar refractivity (Wildman–Crippen MR) is 54.5 cm³/mol. The van der Waals surface area contributed by atoms with Gasteiger partial charge in [-0.25, -0.2) is 4.98 Å². The molecule has 2 aromatic rings. The molecule has 0 aliphatic heterocycles. The maximum absolute atomic E-state index is 11.7. The third kappa shape index (κ3) is 1.96. The Morgan fingerprint density at radius 1 is 1.40 bits per heavy atom. The van der Waals surface area contributed by atoms with Crippen molar-refractivity contribution in [3.05, 3.63) is 36.2 Å². The number of hydrogen-bond donors (Lipinski definition) is 0. The molecule has 5 heteroatoms. The summed E-state index contributed by atoms with van der Waals surface area (Å²) in [6.45, 7) is 0. The van der Waals surface area contributed by atoms with Gasteiger partial charge in [-0.3, -0.25) is 9.48 Å². The van der Waals surface area contributed by atoms with Crippen molar-refractivity contribution < 1.29 is 4.79 Å². The number of ketones is 1. The lowest BCUT2D eigenvalue weighted by molar-refractivity contribution is 0.0984. The van der Waals surface area contributed by atoms with Gasteiger partial charge in [-0.1, -0.05) is 0 Å². The summed E-state index contributed by atoms with van der Waals surface area (Å²) in [5.74, 6) is 0.746. The number of carbonyl (C=O) groups excluding carboxylic acids is 1. The molecule has 0 spiro atoms. The third-order valence-corrected chi connectivity index (χ3v) is 2.24. The van der Waals surface area contributed by atoms with E-state index < -0.39 is 0 Å². The maximum atomic E-state index is 11.7. The highest BCUT2D eigenvalue weighted by atomic mass is 16.1. The van der Waals surface area contributed by atoms with Crippen LogP contribution in [0.4, 0.5) is 0 Å². The monoisotopic (exact) mass is 204 g/mol. The zero-order valence-electron chi connectivity index (χ0n) is 8.71. The molecule has 0 aliphatic rings. The second-order valence-electron chi connectivity index (χ2n) is 3.43. The summed E-state index contributed by atoms with van der Waals surface area (Å²) in [4.78, 5) is 15.8. The lowest BCUT2D eigenvalue weighted by atomic mass is 10.2. The van der Waals surface area contributed by atoms with Gasteiger partial charge in [-0.15, -0.1) is 0 Å². The Labute approximate surface area is 87.4 Å². The fourth-order valence-corrected chi connectivity index (χ4v) is 1.36. The molecule has 0 aliphatic carbocycles. The van der Waals surface area contributed by atoms with Crippen LogP contribution in [-0.2, 0) is 20.5 Å². The van der Waals surface area contributed by atoms with Crippen molar-refractivity contribution in [3.63, 3.8) is 0 Å². The molecule has 2 heterocycles. The van der Waals surface area contributed by atoms with Crippen LogP contribution in [0.15, 0.2) is 24.7 Å². The van der Waals surface area contributed by atoms with Gasteiger partial charge in [-0.05, 0) is 6.07 Å². The molecule has 0 atom stereocenters. The number of imidazole rings is 1. The van der Waals surface area contributed by atoms with Crippen molar-refractivity contribution in [3.8, 4) is 0 Å². The molecule has 0 radical (unpaired) electrons. The Morgan fingerprint density at radius 2 is 2.20 bits per heavy atom. The van der Waals surface area contributed by atoms with E-state index in [-0.39, 0.29) is 5.78 Å². The average molecular weight is 204 g/mol. The quantitative estimate of drug-likeness (QED) is 0.687. The van der Waals surface area contributed by atoms with Crippen molar-refractivity contribution >= 4 is 5.78 Å². The van der Waals surface area contributed by atoms with Crippen LogP contribution in [-0.4, -0.2) is 25.1 Å². The summed E-state index contributed by atoms with van der Waals surface area (Å²) >= 11 is 0. The Balaban J connectivity index is 2.14. The molecule has 0 amide bonds. The Hall–Kier alpha value is -1.91. The number of rotatable bonds is 3.